The molecule has 0 heterocycles. The largest absolute Gasteiger partial charge is 0.460 e. The molecular weight excluding hydrogens is 759 g/mol. The van der Waals surface area contributed by atoms with Gasteiger partial charge in [-0.2, -0.15) is 0 Å². The smallest absolute Gasteiger partial charge is 0.408 e. The maximum Gasteiger partial charge on any atom is 0.408 e. The molecule has 0 radical (unpaired) electrons. The van der Waals surface area contributed by atoms with Gasteiger partial charge in [0.2, 0.25) is 11.8 Å². The molecule has 0 aliphatic rings. The summed E-state index contributed by atoms with van der Waals surface area (Å²) in [6, 6.07) is 18.2. The molecule has 14 nitrogen and oxygen atoms in total. The Labute approximate surface area is 348 Å². The Hall–Kier alpha value is -5.40. The molecule has 0 aliphatic heterocycles. The highest BCUT2D eigenvalue weighted by Gasteiger charge is 2.31. The lowest BCUT2D eigenvalue weighted by Gasteiger charge is -2.24. The predicted molar refractivity (Wildman–Crippen MR) is 221 cm³/mol. The standard InChI is InChI=1S/C45H63N3O11/c1-30(2)21-35(25-38(51)34(22-31-15-11-9-12-16-31)24-37(50)27-48-43(56)59-45(6,7)8)41(54)47-26-36(49)23-33(42(55)58-44(3,4)5)19-20-39(52)46-28-40(53)57-29-32-17-13-10-14-18-32/h9-18,30,33-35H,19-29H2,1-8H3,(H,46,52)(H,47,54)(H,48,56). The number of hydrogen-bond donors (Lipinski definition) is 3. The Kier molecular flexibility index (Phi) is 20.7. The van der Waals surface area contributed by atoms with Gasteiger partial charge in [0, 0.05) is 37.5 Å². The first-order valence-electron chi connectivity index (χ1n) is 20.1. The Morgan fingerprint density at radius 1 is 0.610 bits per heavy atom. The normalized spacial score (nSPS) is 13.0. The van der Waals surface area contributed by atoms with Gasteiger partial charge in [-0.1, -0.05) is 74.5 Å². The molecule has 0 saturated heterocycles. The van der Waals surface area contributed by atoms with Crippen molar-refractivity contribution in [1.29, 1.82) is 0 Å². The van der Waals surface area contributed by atoms with Gasteiger partial charge in [-0.15, -0.1) is 0 Å². The highest BCUT2D eigenvalue weighted by molar-refractivity contribution is 5.94. The Bertz CT molecular complexity index is 1710. The maximum absolute atomic E-state index is 13.9. The first-order chi connectivity index (χ1) is 27.6. The number of carbonyl (C=O) groups is 8. The minimum Gasteiger partial charge on any atom is -0.460 e. The third kappa shape index (κ3) is 22.4. The Morgan fingerprint density at radius 2 is 1.15 bits per heavy atom. The van der Waals surface area contributed by atoms with E-state index in [9.17, 15) is 38.4 Å². The quantitative estimate of drug-likeness (QED) is 0.0877. The molecule has 2 aromatic carbocycles. The van der Waals surface area contributed by atoms with Crippen LogP contribution < -0.4 is 16.0 Å². The van der Waals surface area contributed by atoms with E-state index in [-0.39, 0.29) is 75.7 Å². The van der Waals surface area contributed by atoms with Crippen LogP contribution in [-0.4, -0.2) is 78.0 Å². The number of alkyl carbamates (subject to hydrolysis) is 1. The molecule has 3 unspecified atom stereocenters. The maximum atomic E-state index is 13.9. The van der Waals surface area contributed by atoms with Gasteiger partial charge >= 0.3 is 18.0 Å². The predicted octanol–water partition coefficient (Wildman–Crippen LogP) is 5.62. The fourth-order valence-corrected chi connectivity index (χ4v) is 6.01. The van der Waals surface area contributed by atoms with Crippen molar-refractivity contribution in [3.63, 3.8) is 0 Å². The van der Waals surface area contributed by atoms with Gasteiger partial charge in [-0.3, -0.25) is 33.6 Å². The van der Waals surface area contributed by atoms with Crippen LogP contribution in [0.3, 0.4) is 0 Å². The van der Waals surface area contributed by atoms with Crippen LogP contribution >= 0.6 is 0 Å². The van der Waals surface area contributed by atoms with E-state index in [1.807, 2.05) is 62.4 Å². The first-order valence-corrected chi connectivity index (χ1v) is 20.1. The van der Waals surface area contributed by atoms with Crippen LogP contribution in [0.1, 0.15) is 105 Å². The summed E-state index contributed by atoms with van der Waals surface area (Å²) >= 11 is 0. The van der Waals surface area contributed by atoms with Crippen LogP contribution in [0.15, 0.2) is 60.7 Å². The van der Waals surface area contributed by atoms with Crippen molar-refractivity contribution < 1.29 is 52.6 Å². The van der Waals surface area contributed by atoms with Gasteiger partial charge in [0.1, 0.15) is 30.1 Å². The topological polar surface area (TPSA) is 200 Å². The van der Waals surface area contributed by atoms with Crippen molar-refractivity contribution in [3.05, 3.63) is 71.8 Å². The van der Waals surface area contributed by atoms with E-state index in [1.54, 1.807) is 53.7 Å². The molecule has 0 fully saturated rings. The molecule has 2 rings (SSSR count). The molecule has 0 bridgehead atoms. The number of amides is 3. The second-order valence-corrected chi connectivity index (χ2v) is 17.1. The minimum atomic E-state index is -1.01. The van der Waals surface area contributed by atoms with Crippen LogP contribution in [-0.2, 0) is 60.8 Å². The van der Waals surface area contributed by atoms with Crippen LogP contribution in [0.4, 0.5) is 4.79 Å². The van der Waals surface area contributed by atoms with Crippen molar-refractivity contribution in [1.82, 2.24) is 16.0 Å². The number of esters is 2. The van der Waals surface area contributed by atoms with Crippen LogP contribution in [0.25, 0.3) is 0 Å². The zero-order valence-corrected chi connectivity index (χ0v) is 35.9. The van der Waals surface area contributed by atoms with Crippen LogP contribution in [0, 0.1) is 23.7 Å². The molecule has 324 valence electrons. The molecule has 59 heavy (non-hydrogen) atoms. The van der Waals surface area contributed by atoms with E-state index in [0.29, 0.717) is 6.42 Å². The Morgan fingerprint density at radius 3 is 1.71 bits per heavy atom. The fourth-order valence-electron chi connectivity index (χ4n) is 6.01. The summed E-state index contributed by atoms with van der Waals surface area (Å²) in [5.41, 5.74) is -0.00438. The molecule has 2 aromatic rings. The summed E-state index contributed by atoms with van der Waals surface area (Å²) in [5, 5.41) is 7.55. The monoisotopic (exact) mass is 821 g/mol. The lowest BCUT2D eigenvalue weighted by molar-refractivity contribution is -0.161. The summed E-state index contributed by atoms with van der Waals surface area (Å²) in [5.74, 6) is -6.13. The van der Waals surface area contributed by atoms with Gasteiger partial charge in [0.25, 0.3) is 0 Å². The van der Waals surface area contributed by atoms with Gasteiger partial charge in [-0.25, -0.2) is 4.79 Å². The molecule has 0 aromatic heterocycles. The van der Waals surface area contributed by atoms with Gasteiger partial charge < -0.3 is 30.2 Å². The molecule has 0 saturated carbocycles. The van der Waals surface area contributed by atoms with Crippen molar-refractivity contribution >= 4 is 47.2 Å². The number of Topliss-reactive ketones (excluding diaryl/α,β-unsaturated/α-hetero) is 3. The number of carbonyl (C=O) groups excluding carboxylic acids is 8. The lowest BCUT2D eigenvalue weighted by atomic mass is 9.83. The molecule has 0 spiro atoms. The molecule has 0 aliphatic carbocycles. The number of rotatable bonds is 24. The average molecular weight is 822 g/mol. The van der Waals surface area contributed by atoms with E-state index >= 15 is 0 Å². The van der Waals surface area contributed by atoms with Gasteiger partial charge in [0.15, 0.2) is 11.6 Å². The second-order valence-electron chi connectivity index (χ2n) is 17.1. The van der Waals surface area contributed by atoms with Crippen LogP contribution in [0.2, 0.25) is 0 Å². The minimum absolute atomic E-state index is 0.00917. The number of hydrogen-bond acceptors (Lipinski definition) is 11. The summed E-state index contributed by atoms with van der Waals surface area (Å²) in [4.78, 5) is 104. The van der Waals surface area contributed by atoms with Gasteiger partial charge in [0.05, 0.1) is 19.0 Å². The second kappa shape index (κ2) is 24.5. The van der Waals surface area contributed by atoms with E-state index < -0.39 is 71.1 Å². The Balaban J connectivity index is 2.05. The summed E-state index contributed by atoms with van der Waals surface area (Å²) < 4.78 is 15.9. The average Bonchev–Trinajstić information content (AvgIpc) is 3.14. The number of ether oxygens (including phenoxy) is 3. The molecule has 14 heteroatoms. The van der Waals surface area contributed by atoms with E-state index in [0.717, 1.165) is 11.1 Å². The van der Waals surface area contributed by atoms with E-state index in [1.165, 1.54) is 0 Å². The van der Waals surface area contributed by atoms with E-state index in [2.05, 4.69) is 16.0 Å². The summed E-state index contributed by atoms with van der Waals surface area (Å²) in [7, 11) is 0. The molecule has 3 amide bonds. The van der Waals surface area contributed by atoms with Crippen LogP contribution in [0.5, 0.6) is 0 Å². The third-order valence-electron chi connectivity index (χ3n) is 8.72. The highest BCUT2D eigenvalue weighted by Crippen LogP contribution is 2.23. The number of benzene rings is 2. The SMILES string of the molecule is CC(C)CC(CC(=O)C(CC(=O)CNC(=O)OC(C)(C)C)Cc1ccccc1)C(=O)NCC(=O)CC(CCC(=O)NCC(=O)OCc1ccccc1)C(=O)OC(C)(C)C. The van der Waals surface area contributed by atoms with Crippen molar-refractivity contribution in [2.45, 2.75) is 118 Å². The van der Waals surface area contributed by atoms with Gasteiger partial charge in [-0.05, 0) is 77.8 Å². The first kappa shape index (κ1) is 49.7. The number of ketones is 3. The third-order valence-corrected chi connectivity index (χ3v) is 8.72. The van der Waals surface area contributed by atoms with Crippen molar-refractivity contribution in [2.75, 3.05) is 19.6 Å². The zero-order valence-electron chi connectivity index (χ0n) is 35.9. The lowest BCUT2D eigenvalue weighted by Crippen LogP contribution is -2.39. The van der Waals surface area contributed by atoms with Crippen molar-refractivity contribution in [2.24, 2.45) is 23.7 Å². The highest BCUT2D eigenvalue weighted by atomic mass is 16.6. The number of nitrogens with one attached hydrogen (secondary N) is 3. The molecular formula is C45H63N3O11. The molecule has 3 atom stereocenters. The summed E-state index contributed by atoms with van der Waals surface area (Å²) in [6.07, 6.45) is -1.10. The fraction of sp³-hybridized carbons (Fsp3) is 0.556. The molecule has 3 N–H and O–H groups in total. The zero-order chi connectivity index (χ0) is 44.2. The van der Waals surface area contributed by atoms with Crippen molar-refractivity contribution in [3.8, 4) is 0 Å². The van der Waals surface area contributed by atoms with E-state index in [4.69, 9.17) is 14.2 Å². The summed E-state index contributed by atoms with van der Waals surface area (Å²) in [6.45, 7) is 12.9.